The number of hydrogen-bond donors (Lipinski definition) is 2. The topological polar surface area (TPSA) is 98.0 Å². The van der Waals surface area contributed by atoms with Gasteiger partial charge in [-0.25, -0.2) is 14.4 Å². The van der Waals surface area contributed by atoms with Crippen LogP contribution in [-0.2, 0) is 0 Å². The van der Waals surface area contributed by atoms with Crippen LogP contribution in [0.1, 0.15) is 19.3 Å². The number of nitrogens with zero attached hydrogens (tertiary/aromatic N) is 5. The third-order valence-electron chi connectivity index (χ3n) is 5.39. The van der Waals surface area contributed by atoms with Crippen LogP contribution in [0.3, 0.4) is 0 Å². The van der Waals surface area contributed by atoms with Gasteiger partial charge < -0.3 is 19.7 Å². The molecule has 2 bridgehead atoms. The zero-order chi connectivity index (χ0) is 19.1. The molecule has 4 atom stereocenters. The SMILES string of the molecule is Oc1cc(-n2ccnc2)ccc1-c1cnc(O[C@H]2C[C@@H]3CC[C@@H](N3)[C@H]2F)nn1. The standard InChI is InChI=1S/C19H19FN6O2/c20-18-14-4-1-11(23-14)7-17(18)28-19-22-9-15(24-25-19)13-3-2-12(8-16(13)27)26-6-5-21-10-26/h2-3,5-6,8-11,14,17-18,23,27H,1,4,7H2/t11-,14+,17-,18+/m0/s1. The number of fused-ring (bicyclic) bond motifs is 2. The lowest BCUT2D eigenvalue weighted by Gasteiger charge is -2.31. The minimum Gasteiger partial charge on any atom is -0.507 e. The molecule has 0 aliphatic carbocycles. The first-order valence-corrected chi connectivity index (χ1v) is 9.25. The average molecular weight is 382 g/mol. The highest BCUT2D eigenvalue weighted by atomic mass is 19.1. The van der Waals surface area contributed by atoms with E-state index in [2.05, 4.69) is 25.5 Å². The Balaban J connectivity index is 1.32. The van der Waals surface area contributed by atoms with Crippen molar-refractivity contribution in [3.05, 3.63) is 43.1 Å². The molecular weight excluding hydrogens is 363 g/mol. The second-order valence-electron chi connectivity index (χ2n) is 7.18. The summed E-state index contributed by atoms with van der Waals surface area (Å²) in [4.78, 5) is 8.15. The molecule has 2 N–H and O–H groups in total. The molecule has 9 heteroatoms. The van der Waals surface area contributed by atoms with Crippen molar-refractivity contribution in [1.82, 2.24) is 30.0 Å². The highest BCUT2D eigenvalue weighted by Gasteiger charge is 2.43. The Morgan fingerprint density at radius 2 is 2.18 bits per heavy atom. The minimum absolute atomic E-state index is 0.0484. The van der Waals surface area contributed by atoms with Gasteiger partial charge in [0.05, 0.1) is 18.2 Å². The number of piperidine rings is 1. The Hall–Kier alpha value is -3.07. The highest BCUT2D eigenvalue weighted by molar-refractivity contribution is 5.67. The maximum atomic E-state index is 14.5. The molecule has 2 aromatic heterocycles. The molecule has 144 valence electrons. The van der Waals surface area contributed by atoms with Crippen molar-refractivity contribution >= 4 is 0 Å². The normalized spacial score (nSPS) is 26.3. The predicted octanol–water partition coefficient (Wildman–Crippen LogP) is 2.04. The molecule has 0 amide bonds. The number of phenolic OH excluding ortho intramolecular Hbond substituents is 1. The summed E-state index contributed by atoms with van der Waals surface area (Å²) in [7, 11) is 0. The second kappa shape index (κ2) is 6.83. The fourth-order valence-electron chi connectivity index (χ4n) is 3.96. The van der Waals surface area contributed by atoms with E-state index in [1.165, 1.54) is 6.20 Å². The molecule has 0 spiro atoms. The summed E-state index contributed by atoms with van der Waals surface area (Å²) < 4.78 is 21.9. The van der Waals surface area contributed by atoms with Crippen LogP contribution in [0, 0.1) is 0 Å². The summed E-state index contributed by atoms with van der Waals surface area (Å²) in [5, 5.41) is 21.7. The molecule has 0 saturated carbocycles. The van der Waals surface area contributed by atoms with Gasteiger partial charge in [0.1, 0.15) is 17.5 Å². The number of aromatic hydroxyl groups is 1. The first-order chi connectivity index (χ1) is 13.7. The van der Waals surface area contributed by atoms with E-state index in [4.69, 9.17) is 4.74 Å². The van der Waals surface area contributed by atoms with Gasteiger partial charge in [0.15, 0.2) is 6.17 Å². The van der Waals surface area contributed by atoms with E-state index >= 15 is 0 Å². The summed E-state index contributed by atoms with van der Waals surface area (Å²) in [6.07, 6.45) is 7.32. The van der Waals surface area contributed by atoms with Crippen molar-refractivity contribution in [3.8, 4) is 28.7 Å². The van der Waals surface area contributed by atoms with Gasteiger partial charge in [-0.3, -0.25) is 0 Å². The van der Waals surface area contributed by atoms with Crippen LogP contribution in [0.4, 0.5) is 4.39 Å². The summed E-state index contributed by atoms with van der Waals surface area (Å²) in [6, 6.07) is 5.37. The molecule has 28 heavy (non-hydrogen) atoms. The second-order valence-corrected chi connectivity index (χ2v) is 7.18. The number of ether oxygens (including phenoxy) is 1. The van der Waals surface area contributed by atoms with Gasteiger partial charge in [-0.2, -0.15) is 0 Å². The Morgan fingerprint density at radius 1 is 1.25 bits per heavy atom. The molecule has 0 radical (unpaired) electrons. The van der Waals surface area contributed by atoms with E-state index in [0.29, 0.717) is 23.7 Å². The van der Waals surface area contributed by atoms with Gasteiger partial charge in [-0.05, 0) is 25.0 Å². The van der Waals surface area contributed by atoms with Crippen molar-refractivity contribution in [3.63, 3.8) is 0 Å². The van der Waals surface area contributed by atoms with E-state index in [0.717, 1.165) is 18.5 Å². The van der Waals surface area contributed by atoms with Gasteiger partial charge >= 0.3 is 6.01 Å². The van der Waals surface area contributed by atoms with Crippen LogP contribution >= 0.6 is 0 Å². The largest absolute Gasteiger partial charge is 0.507 e. The molecule has 8 nitrogen and oxygen atoms in total. The smallest absolute Gasteiger partial charge is 0.336 e. The quantitative estimate of drug-likeness (QED) is 0.712. The number of aromatic nitrogens is 5. The Labute approximate surface area is 160 Å². The van der Waals surface area contributed by atoms with Crippen LogP contribution in [0.5, 0.6) is 11.8 Å². The zero-order valence-corrected chi connectivity index (χ0v) is 14.9. The van der Waals surface area contributed by atoms with E-state index in [1.54, 1.807) is 35.4 Å². The maximum absolute atomic E-state index is 14.5. The fourth-order valence-corrected chi connectivity index (χ4v) is 3.96. The van der Waals surface area contributed by atoms with Crippen LogP contribution in [0.25, 0.3) is 16.9 Å². The Morgan fingerprint density at radius 3 is 2.93 bits per heavy atom. The first-order valence-electron chi connectivity index (χ1n) is 9.25. The third-order valence-corrected chi connectivity index (χ3v) is 5.39. The number of imidazole rings is 1. The predicted molar refractivity (Wildman–Crippen MR) is 97.9 cm³/mol. The molecule has 5 rings (SSSR count). The van der Waals surface area contributed by atoms with Gasteiger partial charge in [0, 0.05) is 42.5 Å². The van der Waals surface area contributed by atoms with Crippen molar-refractivity contribution in [2.45, 2.75) is 43.6 Å². The molecule has 2 aliphatic heterocycles. The molecule has 2 aliphatic rings. The van der Waals surface area contributed by atoms with Gasteiger partial charge in [-0.15, -0.1) is 5.10 Å². The lowest BCUT2D eigenvalue weighted by atomic mass is 10.0. The lowest BCUT2D eigenvalue weighted by Crippen LogP contribution is -2.51. The third kappa shape index (κ3) is 3.07. The average Bonchev–Trinajstić information content (AvgIpc) is 3.37. The highest BCUT2D eigenvalue weighted by Crippen LogP contribution is 2.32. The van der Waals surface area contributed by atoms with Crippen molar-refractivity contribution in [2.24, 2.45) is 0 Å². The molecule has 3 aromatic rings. The van der Waals surface area contributed by atoms with Crippen LogP contribution < -0.4 is 10.1 Å². The van der Waals surface area contributed by atoms with Gasteiger partial charge in [0.2, 0.25) is 0 Å². The van der Waals surface area contributed by atoms with Crippen molar-refractivity contribution < 1.29 is 14.2 Å². The molecule has 1 aromatic carbocycles. The molecule has 2 fully saturated rings. The van der Waals surface area contributed by atoms with E-state index < -0.39 is 12.3 Å². The lowest BCUT2D eigenvalue weighted by molar-refractivity contribution is 0.0386. The first kappa shape index (κ1) is 17.1. The van der Waals surface area contributed by atoms with Gasteiger partial charge in [-0.1, -0.05) is 5.10 Å². The zero-order valence-electron chi connectivity index (χ0n) is 14.9. The number of alkyl halides is 1. The molecular formula is C19H19FN6O2. The van der Waals surface area contributed by atoms with Crippen molar-refractivity contribution in [1.29, 1.82) is 0 Å². The number of nitrogens with one attached hydrogen (secondary N) is 1. The van der Waals surface area contributed by atoms with E-state index in [-0.39, 0.29) is 17.8 Å². The number of phenols is 1. The van der Waals surface area contributed by atoms with E-state index in [1.807, 2.05) is 6.07 Å². The summed E-state index contributed by atoms with van der Waals surface area (Å²) in [6.45, 7) is 0. The Kier molecular flexibility index (Phi) is 4.16. The molecule has 4 heterocycles. The number of rotatable bonds is 4. The van der Waals surface area contributed by atoms with Crippen molar-refractivity contribution in [2.75, 3.05) is 0 Å². The summed E-state index contributed by atoms with van der Waals surface area (Å²) in [5.74, 6) is 0.0507. The van der Waals surface area contributed by atoms with Crippen LogP contribution in [0.2, 0.25) is 0 Å². The summed E-state index contributed by atoms with van der Waals surface area (Å²) >= 11 is 0. The fraction of sp³-hybridized carbons (Fsp3) is 0.368. The number of halogens is 1. The monoisotopic (exact) mass is 382 g/mol. The van der Waals surface area contributed by atoms with E-state index in [9.17, 15) is 9.50 Å². The molecule has 2 saturated heterocycles. The Bertz CT molecular complexity index is 965. The number of benzene rings is 1. The minimum atomic E-state index is -1.08. The number of hydrogen-bond acceptors (Lipinski definition) is 7. The maximum Gasteiger partial charge on any atom is 0.336 e. The van der Waals surface area contributed by atoms with Crippen LogP contribution in [-0.4, -0.2) is 54.2 Å². The molecule has 0 unspecified atom stereocenters. The summed E-state index contributed by atoms with van der Waals surface area (Å²) in [5.41, 5.74) is 1.68. The van der Waals surface area contributed by atoms with Crippen LogP contribution in [0.15, 0.2) is 43.1 Å². The van der Waals surface area contributed by atoms with Gasteiger partial charge in [0.25, 0.3) is 0 Å².